The topological polar surface area (TPSA) is 32.7 Å². The van der Waals surface area contributed by atoms with Gasteiger partial charge in [0.05, 0.1) is 13.7 Å². The summed E-state index contributed by atoms with van der Waals surface area (Å²) < 4.78 is 5.24. The van der Waals surface area contributed by atoms with Crippen LogP contribution < -0.4 is 4.74 Å². The van der Waals surface area contributed by atoms with Gasteiger partial charge in [-0.05, 0) is 30.5 Å². The summed E-state index contributed by atoms with van der Waals surface area (Å²) in [7, 11) is 1.69. The summed E-state index contributed by atoms with van der Waals surface area (Å²) in [5.41, 5.74) is 1.23. The van der Waals surface area contributed by atoms with E-state index in [1.165, 1.54) is 5.56 Å². The predicted octanol–water partition coefficient (Wildman–Crippen LogP) is 2.68. The molecule has 3 heteroatoms. The van der Waals surface area contributed by atoms with Crippen LogP contribution in [0.5, 0.6) is 5.75 Å². The number of ether oxygens (including phenoxy) is 1. The molecule has 1 N–H and O–H groups in total. The van der Waals surface area contributed by atoms with Crippen molar-refractivity contribution in [3.05, 3.63) is 29.8 Å². The van der Waals surface area contributed by atoms with E-state index in [0.717, 1.165) is 31.7 Å². The quantitative estimate of drug-likeness (QED) is 0.771. The first-order valence-electron chi connectivity index (χ1n) is 6.72. The minimum absolute atomic E-state index is 0.209. The Kier molecular flexibility index (Phi) is 6.76. The van der Waals surface area contributed by atoms with E-state index in [-0.39, 0.29) is 6.61 Å². The molecule has 18 heavy (non-hydrogen) atoms. The van der Waals surface area contributed by atoms with E-state index in [1.54, 1.807) is 7.11 Å². The average molecular weight is 251 g/mol. The number of hydrogen-bond acceptors (Lipinski definition) is 3. The molecule has 0 aliphatic carbocycles. The van der Waals surface area contributed by atoms with Gasteiger partial charge in [-0.3, -0.25) is 4.90 Å². The molecule has 0 aromatic heterocycles. The third-order valence-corrected chi connectivity index (χ3v) is 3.37. The number of nitrogens with zero attached hydrogens (tertiary/aromatic N) is 1. The molecule has 0 radical (unpaired) electrons. The molecule has 0 unspecified atom stereocenters. The molecule has 3 nitrogen and oxygen atoms in total. The summed E-state index contributed by atoms with van der Waals surface area (Å²) >= 11 is 0. The number of aliphatic hydroxyl groups is 1. The van der Waals surface area contributed by atoms with Crippen LogP contribution in [0.25, 0.3) is 0 Å². The van der Waals surface area contributed by atoms with E-state index in [1.807, 2.05) is 12.1 Å². The Hall–Kier alpha value is -1.06. The number of rotatable bonds is 8. The standard InChI is InChI=1S/C15H25NO2/c1-4-14(5-2)16(9-10-17)12-13-7-6-8-15(11-13)18-3/h6-8,11,14,17H,4-5,9-10,12H2,1-3H3. The minimum atomic E-state index is 0.209. The lowest BCUT2D eigenvalue weighted by Gasteiger charge is -2.29. The molecule has 0 spiro atoms. The lowest BCUT2D eigenvalue weighted by molar-refractivity contribution is 0.136. The van der Waals surface area contributed by atoms with Gasteiger partial charge in [0.25, 0.3) is 0 Å². The van der Waals surface area contributed by atoms with Crippen molar-refractivity contribution in [2.75, 3.05) is 20.3 Å². The van der Waals surface area contributed by atoms with Gasteiger partial charge in [-0.2, -0.15) is 0 Å². The summed E-state index contributed by atoms with van der Waals surface area (Å²) in [6.45, 7) is 6.20. The normalized spacial score (nSPS) is 11.2. The van der Waals surface area contributed by atoms with E-state index in [2.05, 4.69) is 30.9 Å². The molecule has 0 saturated carbocycles. The Morgan fingerprint density at radius 1 is 1.28 bits per heavy atom. The third kappa shape index (κ3) is 4.31. The van der Waals surface area contributed by atoms with Crippen molar-refractivity contribution < 1.29 is 9.84 Å². The van der Waals surface area contributed by atoms with Crippen molar-refractivity contribution in [2.24, 2.45) is 0 Å². The fourth-order valence-corrected chi connectivity index (χ4v) is 2.33. The molecule has 1 aromatic rings. The molecule has 0 fully saturated rings. The summed E-state index contributed by atoms with van der Waals surface area (Å²) in [4.78, 5) is 2.34. The van der Waals surface area contributed by atoms with Crippen molar-refractivity contribution >= 4 is 0 Å². The van der Waals surface area contributed by atoms with Gasteiger partial charge >= 0.3 is 0 Å². The van der Waals surface area contributed by atoms with Crippen LogP contribution in [-0.2, 0) is 6.54 Å². The van der Waals surface area contributed by atoms with Gasteiger partial charge in [-0.1, -0.05) is 26.0 Å². The van der Waals surface area contributed by atoms with E-state index < -0.39 is 0 Å². The SMILES string of the molecule is CCC(CC)N(CCO)Cc1cccc(OC)c1. The highest BCUT2D eigenvalue weighted by Gasteiger charge is 2.14. The highest BCUT2D eigenvalue weighted by Crippen LogP contribution is 2.17. The van der Waals surface area contributed by atoms with Crippen LogP contribution >= 0.6 is 0 Å². The first-order valence-corrected chi connectivity index (χ1v) is 6.72. The van der Waals surface area contributed by atoms with Crippen molar-refractivity contribution in [3.63, 3.8) is 0 Å². The fourth-order valence-electron chi connectivity index (χ4n) is 2.33. The highest BCUT2D eigenvalue weighted by atomic mass is 16.5. The van der Waals surface area contributed by atoms with Crippen LogP contribution in [0, 0.1) is 0 Å². The van der Waals surface area contributed by atoms with Crippen molar-refractivity contribution in [3.8, 4) is 5.75 Å². The van der Waals surface area contributed by atoms with E-state index in [4.69, 9.17) is 4.74 Å². The second-order valence-corrected chi connectivity index (χ2v) is 4.52. The Morgan fingerprint density at radius 3 is 2.56 bits per heavy atom. The highest BCUT2D eigenvalue weighted by molar-refractivity contribution is 5.28. The number of aliphatic hydroxyl groups excluding tert-OH is 1. The molecular weight excluding hydrogens is 226 g/mol. The second kappa shape index (κ2) is 8.11. The smallest absolute Gasteiger partial charge is 0.119 e. The molecule has 0 atom stereocenters. The van der Waals surface area contributed by atoms with Gasteiger partial charge in [0.15, 0.2) is 0 Å². The Bertz CT molecular complexity index is 337. The number of benzene rings is 1. The van der Waals surface area contributed by atoms with Crippen LogP contribution in [0.2, 0.25) is 0 Å². The molecule has 0 bridgehead atoms. The minimum Gasteiger partial charge on any atom is -0.497 e. The third-order valence-electron chi connectivity index (χ3n) is 3.37. The van der Waals surface area contributed by atoms with Crippen LogP contribution in [-0.4, -0.2) is 36.3 Å². The molecule has 102 valence electrons. The summed E-state index contributed by atoms with van der Waals surface area (Å²) in [5, 5.41) is 9.19. The zero-order chi connectivity index (χ0) is 13.4. The van der Waals surface area contributed by atoms with Crippen molar-refractivity contribution in [2.45, 2.75) is 39.3 Å². The van der Waals surface area contributed by atoms with E-state index in [0.29, 0.717) is 6.04 Å². The Labute approximate surface area is 110 Å². The molecule has 1 rings (SSSR count). The molecule has 0 amide bonds. The average Bonchev–Trinajstić information content (AvgIpc) is 2.40. The fraction of sp³-hybridized carbons (Fsp3) is 0.600. The summed E-state index contributed by atoms with van der Waals surface area (Å²) in [6, 6.07) is 8.67. The number of hydrogen-bond donors (Lipinski definition) is 1. The van der Waals surface area contributed by atoms with Crippen LogP contribution in [0.4, 0.5) is 0 Å². The maximum Gasteiger partial charge on any atom is 0.119 e. The monoisotopic (exact) mass is 251 g/mol. The van der Waals surface area contributed by atoms with Crippen LogP contribution in [0.3, 0.4) is 0 Å². The summed E-state index contributed by atoms with van der Waals surface area (Å²) in [6.07, 6.45) is 2.22. The van der Waals surface area contributed by atoms with Crippen molar-refractivity contribution in [1.29, 1.82) is 0 Å². The zero-order valence-electron chi connectivity index (χ0n) is 11.7. The molecule has 0 aliphatic heterocycles. The largest absolute Gasteiger partial charge is 0.497 e. The first-order chi connectivity index (χ1) is 8.74. The van der Waals surface area contributed by atoms with Gasteiger partial charge < -0.3 is 9.84 Å². The predicted molar refractivity (Wildman–Crippen MR) is 74.9 cm³/mol. The number of methoxy groups -OCH3 is 1. The maximum atomic E-state index is 9.19. The van der Waals surface area contributed by atoms with Gasteiger partial charge in [-0.25, -0.2) is 0 Å². The maximum absolute atomic E-state index is 9.19. The van der Waals surface area contributed by atoms with Crippen LogP contribution in [0.15, 0.2) is 24.3 Å². The molecule has 0 saturated heterocycles. The van der Waals surface area contributed by atoms with E-state index in [9.17, 15) is 5.11 Å². The van der Waals surface area contributed by atoms with Gasteiger partial charge in [0, 0.05) is 19.1 Å². The molecule has 0 heterocycles. The van der Waals surface area contributed by atoms with Gasteiger partial charge in [-0.15, -0.1) is 0 Å². The lowest BCUT2D eigenvalue weighted by Crippen LogP contribution is -2.36. The van der Waals surface area contributed by atoms with Crippen molar-refractivity contribution in [1.82, 2.24) is 4.90 Å². The van der Waals surface area contributed by atoms with Crippen LogP contribution in [0.1, 0.15) is 32.3 Å². The van der Waals surface area contributed by atoms with Gasteiger partial charge in [0.1, 0.15) is 5.75 Å². The van der Waals surface area contributed by atoms with E-state index >= 15 is 0 Å². The lowest BCUT2D eigenvalue weighted by atomic mass is 10.1. The zero-order valence-corrected chi connectivity index (χ0v) is 11.7. The Balaban J connectivity index is 2.75. The Morgan fingerprint density at radius 2 is 2.00 bits per heavy atom. The first kappa shape index (κ1) is 15.0. The molecule has 0 aliphatic rings. The summed E-state index contributed by atoms with van der Waals surface area (Å²) in [5.74, 6) is 0.890. The molecular formula is C15H25NO2. The van der Waals surface area contributed by atoms with Gasteiger partial charge in [0.2, 0.25) is 0 Å². The molecule has 1 aromatic carbocycles. The second-order valence-electron chi connectivity index (χ2n) is 4.52.